The lowest BCUT2D eigenvalue weighted by Gasteiger charge is -2.37. The van der Waals surface area contributed by atoms with Crippen molar-refractivity contribution in [1.82, 2.24) is 14.1 Å². The minimum atomic E-state index is -4.19. The number of benzene rings is 1. The molecule has 1 atom stereocenters. The number of ether oxygens (including phenoxy) is 1. The van der Waals surface area contributed by atoms with E-state index in [0.29, 0.717) is 16.0 Å². The molecule has 180 valence electrons. The van der Waals surface area contributed by atoms with E-state index < -0.39 is 44.5 Å². The molecule has 1 fully saturated rings. The molecule has 1 aromatic carbocycles. The van der Waals surface area contributed by atoms with E-state index in [-0.39, 0.29) is 23.9 Å². The quantitative estimate of drug-likeness (QED) is 0.308. The van der Waals surface area contributed by atoms with Crippen LogP contribution in [0, 0.1) is 0 Å². The summed E-state index contributed by atoms with van der Waals surface area (Å²) in [5.74, 6) is -1.48. The summed E-state index contributed by atoms with van der Waals surface area (Å²) in [5.41, 5.74) is 2.80. The van der Waals surface area contributed by atoms with E-state index in [1.165, 1.54) is 18.5 Å². The number of esters is 1. The molecule has 1 aromatic heterocycles. The molecule has 0 unspecified atom stereocenters. The Bertz CT molecular complexity index is 1260. The molecule has 1 aliphatic rings. The first kappa shape index (κ1) is 25.3. The summed E-state index contributed by atoms with van der Waals surface area (Å²) >= 11 is 0.967. The number of rotatable bonds is 7. The van der Waals surface area contributed by atoms with E-state index in [4.69, 9.17) is 9.94 Å². The summed E-state index contributed by atoms with van der Waals surface area (Å²) in [6.45, 7) is 0.507. The Labute approximate surface area is 195 Å². The lowest BCUT2D eigenvalue weighted by molar-refractivity contribution is -0.142. The van der Waals surface area contributed by atoms with E-state index in [0.717, 1.165) is 26.2 Å². The third kappa shape index (κ3) is 5.59. The standard InChI is InChI=1S/C19H23N3O8S3/c1-13(23)30-12-14-5-3-4-6-15(14)17-7-8-18(31-17)33(28,29)22-10-9-21(32(2,26)27)11-16(22)19(24)20-25/h3-8,16,25H,9-12H2,1-2H3,(H,20,24)/t16-/m1/s1. The van der Waals surface area contributed by atoms with E-state index in [1.54, 1.807) is 30.3 Å². The van der Waals surface area contributed by atoms with Gasteiger partial charge in [-0.2, -0.15) is 8.61 Å². The van der Waals surface area contributed by atoms with Crippen molar-refractivity contribution in [3.63, 3.8) is 0 Å². The Hall–Kier alpha value is -2.36. The van der Waals surface area contributed by atoms with Gasteiger partial charge in [-0.25, -0.2) is 22.3 Å². The highest BCUT2D eigenvalue weighted by molar-refractivity contribution is 7.91. The van der Waals surface area contributed by atoms with Gasteiger partial charge in [-0.15, -0.1) is 11.3 Å². The normalized spacial score (nSPS) is 18.1. The van der Waals surface area contributed by atoms with Crippen molar-refractivity contribution in [1.29, 1.82) is 0 Å². The van der Waals surface area contributed by atoms with Crippen LogP contribution in [0.15, 0.2) is 40.6 Å². The van der Waals surface area contributed by atoms with Crippen LogP contribution >= 0.6 is 11.3 Å². The van der Waals surface area contributed by atoms with Crippen molar-refractivity contribution < 1.29 is 36.4 Å². The minimum Gasteiger partial charge on any atom is -0.461 e. The molecule has 0 saturated carbocycles. The third-order valence-corrected chi connectivity index (χ3v) is 9.80. The summed E-state index contributed by atoms with van der Waals surface area (Å²) in [4.78, 5) is 24.0. The van der Waals surface area contributed by atoms with Crippen LogP contribution in [0.1, 0.15) is 12.5 Å². The summed E-state index contributed by atoms with van der Waals surface area (Å²) in [6.07, 6.45) is 0.962. The second-order valence-electron chi connectivity index (χ2n) is 7.28. The monoisotopic (exact) mass is 517 g/mol. The maximum absolute atomic E-state index is 13.4. The summed E-state index contributed by atoms with van der Waals surface area (Å²) < 4.78 is 57.4. The van der Waals surface area contributed by atoms with Gasteiger partial charge in [0.2, 0.25) is 10.0 Å². The minimum absolute atomic E-state index is 0.0255. The van der Waals surface area contributed by atoms with Crippen LogP contribution in [0.2, 0.25) is 0 Å². The molecule has 11 nitrogen and oxygen atoms in total. The van der Waals surface area contributed by atoms with Gasteiger partial charge in [-0.05, 0) is 23.3 Å². The molecule has 0 aliphatic carbocycles. The van der Waals surface area contributed by atoms with Gasteiger partial charge in [0.25, 0.3) is 15.9 Å². The molecule has 3 rings (SSSR count). The number of carbonyl (C=O) groups is 2. The first-order chi connectivity index (χ1) is 15.4. The molecule has 0 radical (unpaired) electrons. The molecule has 2 aromatic rings. The number of sulfonamides is 2. The molecule has 2 N–H and O–H groups in total. The van der Waals surface area contributed by atoms with Gasteiger partial charge < -0.3 is 4.74 Å². The zero-order chi connectivity index (χ0) is 24.4. The highest BCUT2D eigenvalue weighted by atomic mass is 32.2. The second kappa shape index (κ2) is 9.87. The largest absolute Gasteiger partial charge is 0.461 e. The van der Waals surface area contributed by atoms with Gasteiger partial charge in [-0.1, -0.05) is 24.3 Å². The van der Waals surface area contributed by atoms with E-state index in [1.807, 2.05) is 0 Å². The molecule has 1 amide bonds. The maximum Gasteiger partial charge on any atom is 0.302 e. The number of nitrogens with zero attached hydrogens (tertiary/aromatic N) is 2. The average molecular weight is 518 g/mol. The Morgan fingerprint density at radius 3 is 2.48 bits per heavy atom. The van der Waals surface area contributed by atoms with Crippen molar-refractivity contribution in [3.8, 4) is 10.4 Å². The third-order valence-electron chi connectivity index (χ3n) is 5.03. The number of hydrogen-bond acceptors (Lipinski definition) is 9. The summed E-state index contributed by atoms with van der Waals surface area (Å²) in [6, 6.07) is 8.64. The maximum atomic E-state index is 13.4. The Morgan fingerprint density at radius 2 is 1.85 bits per heavy atom. The average Bonchev–Trinajstić information content (AvgIpc) is 3.27. The highest BCUT2D eigenvalue weighted by Crippen LogP contribution is 2.35. The van der Waals surface area contributed by atoms with Gasteiger partial charge in [0, 0.05) is 31.4 Å². The number of nitrogens with one attached hydrogen (secondary N) is 1. The first-order valence-corrected chi connectivity index (χ1v) is 13.8. The topological polar surface area (TPSA) is 150 Å². The zero-order valence-electron chi connectivity index (χ0n) is 17.8. The van der Waals surface area contributed by atoms with Crippen molar-refractivity contribution in [2.45, 2.75) is 23.8 Å². The number of thiophene rings is 1. The summed E-state index contributed by atoms with van der Waals surface area (Å²) in [7, 11) is -7.85. The van der Waals surface area contributed by atoms with E-state index >= 15 is 0 Å². The fraction of sp³-hybridized carbons (Fsp3) is 0.368. The van der Waals surface area contributed by atoms with Crippen LogP contribution in [0.25, 0.3) is 10.4 Å². The Morgan fingerprint density at radius 1 is 1.15 bits per heavy atom. The Balaban J connectivity index is 1.93. The molecule has 1 saturated heterocycles. The fourth-order valence-electron chi connectivity index (χ4n) is 3.40. The number of carbonyl (C=O) groups excluding carboxylic acids is 2. The number of piperazine rings is 1. The molecular weight excluding hydrogens is 494 g/mol. The molecule has 1 aliphatic heterocycles. The number of hydrogen-bond donors (Lipinski definition) is 2. The first-order valence-electron chi connectivity index (χ1n) is 9.67. The van der Waals surface area contributed by atoms with Crippen LogP contribution in [0.4, 0.5) is 0 Å². The van der Waals surface area contributed by atoms with Gasteiger partial charge in [-0.3, -0.25) is 14.8 Å². The number of amides is 1. The van der Waals surface area contributed by atoms with Crippen LogP contribution in [-0.2, 0) is 41.0 Å². The van der Waals surface area contributed by atoms with Gasteiger partial charge in [0.15, 0.2) is 0 Å². The van der Waals surface area contributed by atoms with Gasteiger partial charge in [0.05, 0.1) is 6.26 Å². The smallest absolute Gasteiger partial charge is 0.302 e. The zero-order valence-corrected chi connectivity index (χ0v) is 20.2. The van der Waals surface area contributed by atoms with Crippen LogP contribution in [0.5, 0.6) is 0 Å². The lowest BCUT2D eigenvalue weighted by atomic mass is 10.1. The van der Waals surface area contributed by atoms with Crippen LogP contribution in [0.3, 0.4) is 0 Å². The molecule has 2 heterocycles. The predicted molar refractivity (Wildman–Crippen MR) is 119 cm³/mol. The molecule has 14 heteroatoms. The summed E-state index contributed by atoms with van der Waals surface area (Å²) in [5, 5.41) is 9.08. The van der Waals surface area contributed by atoms with E-state index in [2.05, 4.69) is 0 Å². The van der Waals surface area contributed by atoms with Gasteiger partial charge in [0.1, 0.15) is 16.9 Å². The molecule has 33 heavy (non-hydrogen) atoms. The van der Waals surface area contributed by atoms with Crippen molar-refractivity contribution in [2.75, 3.05) is 25.9 Å². The number of hydroxylamine groups is 1. The molecule has 0 bridgehead atoms. The van der Waals surface area contributed by atoms with E-state index in [9.17, 15) is 26.4 Å². The van der Waals surface area contributed by atoms with Crippen LogP contribution in [-0.4, -0.2) is 74.5 Å². The lowest BCUT2D eigenvalue weighted by Crippen LogP contribution is -2.60. The van der Waals surface area contributed by atoms with Gasteiger partial charge >= 0.3 is 5.97 Å². The SMILES string of the molecule is CC(=O)OCc1ccccc1-c1ccc(S(=O)(=O)N2CCN(S(C)(=O)=O)C[C@@H]2C(=O)NO)s1. The van der Waals surface area contributed by atoms with Crippen molar-refractivity contribution >= 4 is 43.3 Å². The molecular formula is C19H23N3O8S3. The fourth-order valence-corrected chi connectivity index (χ4v) is 7.29. The molecule has 0 spiro atoms. The van der Waals surface area contributed by atoms with Crippen LogP contribution < -0.4 is 5.48 Å². The van der Waals surface area contributed by atoms with Crippen molar-refractivity contribution in [2.24, 2.45) is 0 Å². The second-order valence-corrected chi connectivity index (χ2v) is 12.5. The predicted octanol–water partition coefficient (Wildman–Crippen LogP) is 0.618. The Kier molecular flexibility index (Phi) is 7.55. The highest BCUT2D eigenvalue weighted by Gasteiger charge is 2.42. The van der Waals surface area contributed by atoms with Crippen molar-refractivity contribution in [3.05, 3.63) is 42.0 Å².